The van der Waals surface area contributed by atoms with Gasteiger partial charge in [-0.2, -0.15) is 0 Å². The fraction of sp³-hybridized carbons (Fsp3) is 0.429. The lowest BCUT2D eigenvalue weighted by atomic mass is 9.83. The molecule has 4 nitrogen and oxygen atoms in total. The molecule has 2 saturated heterocycles. The van der Waals surface area contributed by atoms with E-state index in [1.54, 1.807) is 11.0 Å². The zero-order chi connectivity index (χ0) is 13.4. The molecule has 0 radical (unpaired) electrons. The highest BCUT2D eigenvalue weighted by Gasteiger charge is 2.43. The predicted molar refractivity (Wildman–Crippen MR) is 72.1 cm³/mol. The first-order valence-corrected chi connectivity index (χ1v) is 6.92. The molecule has 0 aromatic heterocycles. The van der Waals surface area contributed by atoms with Gasteiger partial charge in [-0.1, -0.05) is 29.8 Å². The molecule has 2 atom stereocenters. The third kappa shape index (κ3) is 2.10. The summed E-state index contributed by atoms with van der Waals surface area (Å²) in [5.41, 5.74) is 0.811. The molecule has 0 unspecified atom stereocenters. The van der Waals surface area contributed by atoms with Crippen LogP contribution in [0.3, 0.4) is 0 Å². The standard InChI is InChI=1S/C14H15ClN2O2/c15-10-6-2-1-5-9(10)12-11-7-3-4-8-17(11)14(19)16-13(12)18/h1-2,5-6,11-12H,3-4,7-8H2,(H,16,18,19)/t11-,12-/m0/s1. The molecule has 2 heterocycles. The Labute approximate surface area is 116 Å². The Kier molecular flexibility index (Phi) is 3.19. The third-order valence-corrected chi connectivity index (χ3v) is 4.29. The summed E-state index contributed by atoms with van der Waals surface area (Å²) in [6.07, 6.45) is 2.89. The molecule has 3 rings (SSSR count). The van der Waals surface area contributed by atoms with Crippen molar-refractivity contribution in [2.75, 3.05) is 6.54 Å². The Balaban J connectivity index is 2.01. The van der Waals surface area contributed by atoms with Crippen LogP contribution < -0.4 is 5.32 Å². The van der Waals surface area contributed by atoms with Crippen molar-refractivity contribution in [1.82, 2.24) is 10.2 Å². The summed E-state index contributed by atoms with van der Waals surface area (Å²) in [6, 6.07) is 7.05. The van der Waals surface area contributed by atoms with Crippen LogP contribution in [0.4, 0.5) is 4.79 Å². The number of halogens is 1. The Bertz CT molecular complexity index is 532. The maximum Gasteiger partial charge on any atom is 0.324 e. The first-order valence-electron chi connectivity index (χ1n) is 6.54. The number of hydrogen-bond donors (Lipinski definition) is 1. The molecule has 5 heteroatoms. The fourth-order valence-electron chi connectivity index (χ4n) is 3.06. The molecule has 1 aromatic rings. The molecule has 1 N–H and O–H groups in total. The maximum absolute atomic E-state index is 12.2. The summed E-state index contributed by atoms with van der Waals surface area (Å²) in [5, 5.41) is 3.03. The van der Waals surface area contributed by atoms with Crippen LogP contribution in [0.25, 0.3) is 0 Å². The Morgan fingerprint density at radius 3 is 2.79 bits per heavy atom. The van der Waals surface area contributed by atoms with E-state index in [0.29, 0.717) is 11.6 Å². The van der Waals surface area contributed by atoms with Crippen molar-refractivity contribution in [3.8, 4) is 0 Å². The number of fused-ring (bicyclic) bond motifs is 1. The minimum absolute atomic E-state index is 0.0603. The Hall–Kier alpha value is -1.55. The number of nitrogens with zero attached hydrogens (tertiary/aromatic N) is 1. The van der Waals surface area contributed by atoms with E-state index >= 15 is 0 Å². The van der Waals surface area contributed by atoms with Crippen LogP contribution in [-0.2, 0) is 4.79 Å². The second-order valence-electron chi connectivity index (χ2n) is 5.05. The third-order valence-electron chi connectivity index (χ3n) is 3.95. The number of nitrogens with one attached hydrogen (secondary N) is 1. The van der Waals surface area contributed by atoms with Gasteiger partial charge in [-0.05, 0) is 30.9 Å². The molecular weight excluding hydrogens is 264 g/mol. The summed E-state index contributed by atoms with van der Waals surface area (Å²) in [4.78, 5) is 25.8. The van der Waals surface area contributed by atoms with Gasteiger partial charge in [-0.15, -0.1) is 0 Å². The number of carbonyl (C=O) groups excluding carboxylic acids is 2. The number of hydrogen-bond acceptors (Lipinski definition) is 2. The van der Waals surface area contributed by atoms with E-state index in [1.807, 2.05) is 18.2 Å². The number of urea groups is 1. The van der Waals surface area contributed by atoms with Gasteiger partial charge in [0.05, 0.1) is 5.92 Å². The van der Waals surface area contributed by atoms with Gasteiger partial charge in [-0.3, -0.25) is 10.1 Å². The number of piperidine rings is 1. The molecule has 2 aliphatic rings. The number of carbonyl (C=O) groups is 2. The van der Waals surface area contributed by atoms with Crippen LogP contribution in [0.1, 0.15) is 30.7 Å². The van der Waals surface area contributed by atoms with Crippen LogP contribution in [0, 0.1) is 0 Å². The van der Waals surface area contributed by atoms with E-state index in [4.69, 9.17) is 11.6 Å². The van der Waals surface area contributed by atoms with Crippen molar-refractivity contribution < 1.29 is 9.59 Å². The van der Waals surface area contributed by atoms with Gasteiger partial charge in [-0.25, -0.2) is 4.79 Å². The average Bonchev–Trinajstić information content (AvgIpc) is 2.41. The van der Waals surface area contributed by atoms with Crippen LogP contribution in [-0.4, -0.2) is 29.4 Å². The minimum Gasteiger partial charge on any atom is -0.320 e. The van der Waals surface area contributed by atoms with Crippen LogP contribution >= 0.6 is 11.6 Å². The second-order valence-corrected chi connectivity index (χ2v) is 5.46. The largest absolute Gasteiger partial charge is 0.324 e. The van der Waals surface area contributed by atoms with Gasteiger partial charge in [0, 0.05) is 17.6 Å². The Morgan fingerprint density at radius 1 is 1.21 bits per heavy atom. The van der Waals surface area contributed by atoms with Gasteiger partial charge in [0.2, 0.25) is 5.91 Å². The highest BCUT2D eigenvalue weighted by Crippen LogP contribution is 2.36. The van der Waals surface area contributed by atoms with Gasteiger partial charge < -0.3 is 4.90 Å². The number of benzene rings is 1. The lowest BCUT2D eigenvalue weighted by Gasteiger charge is -2.43. The van der Waals surface area contributed by atoms with Crippen LogP contribution in [0.2, 0.25) is 5.02 Å². The number of rotatable bonds is 1. The molecule has 2 aliphatic heterocycles. The smallest absolute Gasteiger partial charge is 0.320 e. The quantitative estimate of drug-likeness (QED) is 0.858. The van der Waals surface area contributed by atoms with Crippen molar-refractivity contribution in [2.24, 2.45) is 0 Å². The molecule has 2 fully saturated rings. The summed E-state index contributed by atoms with van der Waals surface area (Å²) in [7, 11) is 0. The van der Waals surface area contributed by atoms with Crippen molar-refractivity contribution in [1.29, 1.82) is 0 Å². The highest BCUT2D eigenvalue weighted by molar-refractivity contribution is 6.31. The molecule has 3 amide bonds. The van der Waals surface area contributed by atoms with Gasteiger partial charge in [0.25, 0.3) is 0 Å². The summed E-state index contributed by atoms with van der Waals surface area (Å²) >= 11 is 6.21. The molecule has 0 bridgehead atoms. The molecule has 0 saturated carbocycles. The first kappa shape index (κ1) is 12.5. The van der Waals surface area contributed by atoms with Crippen molar-refractivity contribution in [3.05, 3.63) is 34.9 Å². The fourth-order valence-corrected chi connectivity index (χ4v) is 3.31. The average molecular weight is 279 g/mol. The van der Waals surface area contributed by atoms with E-state index in [0.717, 1.165) is 24.8 Å². The van der Waals surface area contributed by atoms with Crippen LogP contribution in [0.15, 0.2) is 24.3 Å². The predicted octanol–water partition coefficient (Wildman–Crippen LogP) is 2.53. The van der Waals surface area contributed by atoms with E-state index in [9.17, 15) is 9.59 Å². The van der Waals surface area contributed by atoms with E-state index in [-0.39, 0.29) is 23.9 Å². The van der Waals surface area contributed by atoms with Gasteiger partial charge in [0.15, 0.2) is 0 Å². The Morgan fingerprint density at radius 2 is 2.00 bits per heavy atom. The normalized spacial score (nSPS) is 26.9. The molecule has 0 spiro atoms. The highest BCUT2D eigenvalue weighted by atomic mass is 35.5. The second kappa shape index (κ2) is 4.85. The SMILES string of the molecule is O=C1NC(=O)N2CCCC[C@H]2[C@@H]1c1ccccc1Cl. The summed E-state index contributed by atoms with van der Waals surface area (Å²) in [6.45, 7) is 0.713. The summed E-state index contributed by atoms with van der Waals surface area (Å²) in [5.74, 6) is -0.590. The van der Waals surface area contributed by atoms with E-state index in [1.165, 1.54) is 0 Å². The summed E-state index contributed by atoms with van der Waals surface area (Å²) < 4.78 is 0. The molecule has 1 aromatic carbocycles. The van der Waals surface area contributed by atoms with Crippen molar-refractivity contribution >= 4 is 23.5 Å². The zero-order valence-electron chi connectivity index (χ0n) is 10.4. The zero-order valence-corrected chi connectivity index (χ0v) is 11.2. The lowest BCUT2D eigenvalue weighted by molar-refractivity contribution is -0.125. The van der Waals surface area contributed by atoms with Gasteiger partial charge in [0.1, 0.15) is 0 Å². The van der Waals surface area contributed by atoms with Crippen molar-refractivity contribution in [2.45, 2.75) is 31.2 Å². The molecule has 19 heavy (non-hydrogen) atoms. The maximum atomic E-state index is 12.2. The molecule has 0 aliphatic carbocycles. The molecular formula is C14H15ClN2O2. The van der Waals surface area contributed by atoms with Gasteiger partial charge >= 0.3 is 6.03 Å². The van der Waals surface area contributed by atoms with E-state index in [2.05, 4.69) is 5.32 Å². The van der Waals surface area contributed by atoms with Crippen molar-refractivity contribution in [3.63, 3.8) is 0 Å². The van der Waals surface area contributed by atoms with Crippen LogP contribution in [0.5, 0.6) is 0 Å². The molecule has 100 valence electrons. The lowest BCUT2D eigenvalue weighted by Crippen LogP contribution is -2.60. The monoisotopic (exact) mass is 278 g/mol. The number of imide groups is 1. The topological polar surface area (TPSA) is 49.4 Å². The number of amides is 3. The first-order chi connectivity index (χ1) is 9.18. The minimum atomic E-state index is -0.355. The van der Waals surface area contributed by atoms with E-state index < -0.39 is 0 Å².